The maximum Gasteiger partial charge on any atom is 0.277 e. The number of morpholine rings is 1. The van der Waals surface area contributed by atoms with Gasteiger partial charge in [0.15, 0.2) is 0 Å². The fourth-order valence-electron chi connectivity index (χ4n) is 4.19. The smallest absolute Gasteiger partial charge is 0.277 e. The number of ether oxygens (including phenoxy) is 2. The van der Waals surface area contributed by atoms with E-state index >= 15 is 0 Å². The van der Waals surface area contributed by atoms with Gasteiger partial charge in [-0.2, -0.15) is 10.2 Å². The second-order valence-corrected chi connectivity index (χ2v) is 8.76. The van der Waals surface area contributed by atoms with E-state index in [1.807, 2.05) is 6.07 Å². The molecule has 0 saturated carbocycles. The predicted octanol–water partition coefficient (Wildman–Crippen LogP) is 1.92. The average molecular weight is 481 g/mol. The summed E-state index contributed by atoms with van der Waals surface area (Å²) in [7, 11) is 1.53. The van der Waals surface area contributed by atoms with Crippen molar-refractivity contribution in [1.29, 1.82) is 5.26 Å². The quantitative estimate of drug-likeness (QED) is 0.406. The number of imidazole rings is 1. The van der Waals surface area contributed by atoms with Crippen LogP contribution in [0.25, 0.3) is 28.1 Å². The van der Waals surface area contributed by atoms with Crippen LogP contribution < -0.4 is 5.56 Å². The Labute approximate surface area is 199 Å². The van der Waals surface area contributed by atoms with E-state index in [4.69, 9.17) is 14.0 Å². The molecular formula is C23H24FN7O4. The van der Waals surface area contributed by atoms with Gasteiger partial charge >= 0.3 is 0 Å². The third-order valence-electron chi connectivity index (χ3n) is 6.37. The number of methoxy groups -OCH3 is 1. The number of nitriles is 1. The normalized spacial score (nSPS) is 15.2. The summed E-state index contributed by atoms with van der Waals surface area (Å²) in [5.41, 5.74) is -0.333. The molecule has 4 aromatic rings. The van der Waals surface area contributed by atoms with Crippen molar-refractivity contribution in [1.82, 2.24) is 29.0 Å². The van der Waals surface area contributed by atoms with E-state index in [-0.39, 0.29) is 40.6 Å². The molecule has 182 valence electrons. The van der Waals surface area contributed by atoms with Crippen LogP contribution in [-0.4, -0.2) is 69.0 Å². The third-order valence-corrected chi connectivity index (χ3v) is 6.37. The molecule has 0 spiro atoms. The van der Waals surface area contributed by atoms with E-state index < -0.39 is 17.0 Å². The van der Waals surface area contributed by atoms with E-state index in [2.05, 4.69) is 20.0 Å². The summed E-state index contributed by atoms with van der Waals surface area (Å²) in [6, 6.07) is 4.66. The average Bonchev–Trinajstić information content (AvgIpc) is 3.53. The Bertz CT molecular complexity index is 1510. The van der Waals surface area contributed by atoms with Gasteiger partial charge in [-0.25, -0.2) is 9.37 Å². The lowest BCUT2D eigenvalue weighted by molar-refractivity contribution is -0.00786. The second-order valence-electron chi connectivity index (χ2n) is 8.76. The zero-order chi connectivity index (χ0) is 24.7. The molecule has 0 aliphatic carbocycles. The number of fused-ring (bicyclic) bond motifs is 3. The molecule has 0 bridgehead atoms. The van der Waals surface area contributed by atoms with Gasteiger partial charge in [0.1, 0.15) is 40.6 Å². The summed E-state index contributed by atoms with van der Waals surface area (Å²) in [5.74, 6) is -0.325. The number of nitrogens with zero attached hydrogens (tertiary/aromatic N) is 7. The van der Waals surface area contributed by atoms with Crippen molar-refractivity contribution >= 4 is 16.6 Å². The molecule has 1 saturated heterocycles. The van der Waals surface area contributed by atoms with Crippen molar-refractivity contribution < 1.29 is 18.4 Å². The summed E-state index contributed by atoms with van der Waals surface area (Å²) < 4.78 is 33.8. The molecule has 1 aromatic carbocycles. The summed E-state index contributed by atoms with van der Waals surface area (Å²) >= 11 is 0. The number of rotatable bonds is 6. The number of benzene rings is 1. The maximum absolute atomic E-state index is 14.6. The molecule has 1 aliphatic rings. The van der Waals surface area contributed by atoms with E-state index in [9.17, 15) is 14.4 Å². The molecule has 5 rings (SSSR count). The Kier molecular flexibility index (Phi) is 5.84. The van der Waals surface area contributed by atoms with Gasteiger partial charge in [0, 0.05) is 33.3 Å². The number of halogens is 1. The van der Waals surface area contributed by atoms with E-state index in [0.717, 1.165) is 13.1 Å². The standard InChI is InChI=1S/C23H24FN7O4/c1-23(2,33-3)22-27-20(28-35-22)17-19-21(32)30(7-6-29-8-10-34-11-9-29)18-14(12-25)15(24)4-5-16(18)31(19)13-26-17/h4-5,13H,6-11H2,1-3H3. The molecule has 0 N–H and O–H groups in total. The van der Waals surface area contributed by atoms with Crippen LogP contribution in [0.3, 0.4) is 0 Å². The summed E-state index contributed by atoms with van der Waals surface area (Å²) in [5, 5.41) is 13.7. The minimum absolute atomic E-state index is 0.131. The van der Waals surface area contributed by atoms with Crippen LogP contribution in [0.1, 0.15) is 25.3 Å². The fourth-order valence-corrected chi connectivity index (χ4v) is 4.19. The maximum atomic E-state index is 14.6. The van der Waals surface area contributed by atoms with Gasteiger partial charge in [-0.05, 0) is 26.0 Å². The molecule has 4 heterocycles. The Morgan fingerprint density at radius 3 is 2.71 bits per heavy atom. The van der Waals surface area contributed by atoms with Crippen molar-refractivity contribution in [2.45, 2.75) is 26.0 Å². The molecule has 1 aliphatic heterocycles. The van der Waals surface area contributed by atoms with Crippen LogP contribution in [-0.2, 0) is 21.6 Å². The van der Waals surface area contributed by atoms with Crippen LogP contribution in [0.5, 0.6) is 0 Å². The van der Waals surface area contributed by atoms with E-state index in [0.29, 0.717) is 25.3 Å². The van der Waals surface area contributed by atoms with Crippen LogP contribution in [0.15, 0.2) is 27.8 Å². The highest BCUT2D eigenvalue weighted by atomic mass is 19.1. The Morgan fingerprint density at radius 2 is 2.00 bits per heavy atom. The molecule has 1 fully saturated rings. The highest BCUT2D eigenvalue weighted by Gasteiger charge is 2.29. The SMILES string of the molecule is COC(C)(C)c1nc(-c2ncn3c2c(=O)n(CCN2CCOCC2)c2c(C#N)c(F)ccc23)no1. The van der Waals surface area contributed by atoms with Crippen molar-refractivity contribution in [3.05, 3.63) is 46.1 Å². The number of hydrogen-bond acceptors (Lipinski definition) is 9. The van der Waals surface area contributed by atoms with Gasteiger partial charge in [-0.3, -0.25) is 14.1 Å². The van der Waals surface area contributed by atoms with Gasteiger partial charge in [-0.15, -0.1) is 0 Å². The van der Waals surface area contributed by atoms with Crippen LogP contribution in [0.2, 0.25) is 0 Å². The first kappa shape index (κ1) is 23.1. The molecule has 35 heavy (non-hydrogen) atoms. The Balaban J connectivity index is 1.71. The molecule has 0 amide bonds. The predicted molar refractivity (Wildman–Crippen MR) is 122 cm³/mol. The van der Waals surface area contributed by atoms with Crippen molar-refractivity contribution in [2.24, 2.45) is 0 Å². The van der Waals surface area contributed by atoms with Gasteiger partial charge in [0.05, 0.1) is 24.2 Å². The second kappa shape index (κ2) is 8.84. The minimum Gasteiger partial charge on any atom is -0.379 e. The fraction of sp³-hybridized carbons (Fsp3) is 0.435. The monoisotopic (exact) mass is 481 g/mol. The van der Waals surface area contributed by atoms with Crippen LogP contribution in [0.4, 0.5) is 4.39 Å². The summed E-state index contributed by atoms with van der Waals surface area (Å²) in [6.45, 7) is 7.02. The molecule has 3 aromatic heterocycles. The lowest BCUT2D eigenvalue weighted by Crippen LogP contribution is -2.39. The first-order chi connectivity index (χ1) is 16.9. The number of aromatic nitrogens is 5. The van der Waals surface area contributed by atoms with Crippen molar-refractivity contribution in [2.75, 3.05) is 40.0 Å². The van der Waals surface area contributed by atoms with Gasteiger partial charge in [0.25, 0.3) is 11.4 Å². The molecule has 0 radical (unpaired) electrons. The Morgan fingerprint density at radius 1 is 1.23 bits per heavy atom. The highest BCUT2D eigenvalue weighted by molar-refractivity contribution is 5.87. The lowest BCUT2D eigenvalue weighted by Gasteiger charge is -2.27. The first-order valence-electron chi connectivity index (χ1n) is 11.2. The zero-order valence-electron chi connectivity index (χ0n) is 19.6. The Hall–Kier alpha value is -3.66. The van der Waals surface area contributed by atoms with Gasteiger partial charge in [-0.1, -0.05) is 5.16 Å². The largest absolute Gasteiger partial charge is 0.379 e. The lowest BCUT2D eigenvalue weighted by atomic mass is 10.1. The van der Waals surface area contributed by atoms with Crippen LogP contribution in [0, 0.1) is 17.1 Å². The summed E-state index contributed by atoms with van der Waals surface area (Å²) in [4.78, 5) is 24.8. The zero-order valence-corrected chi connectivity index (χ0v) is 19.6. The number of hydrogen-bond donors (Lipinski definition) is 0. The van der Waals surface area contributed by atoms with Gasteiger partial charge < -0.3 is 18.6 Å². The summed E-state index contributed by atoms with van der Waals surface area (Å²) in [6.07, 6.45) is 1.44. The van der Waals surface area contributed by atoms with Gasteiger partial charge in [0.2, 0.25) is 5.82 Å². The highest BCUT2D eigenvalue weighted by Crippen LogP contribution is 2.28. The van der Waals surface area contributed by atoms with E-state index in [1.54, 1.807) is 13.8 Å². The molecule has 11 nitrogen and oxygen atoms in total. The van der Waals surface area contributed by atoms with Crippen molar-refractivity contribution in [3.63, 3.8) is 0 Å². The third kappa shape index (κ3) is 3.87. The topological polar surface area (TPSA) is 124 Å². The molecule has 12 heteroatoms. The first-order valence-corrected chi connectivity index (χ1v) is 11.2. The molecule has 0 unspecified atom stereocenters. The molecule has 0 atom stereocenters. The van der Waals surface area contributed by atoms with Crippen molar-refractivity contribution in [3.8, 4) is 17.6 Å². The minimum atomic E-state index is -0.828. The molecular weight excluding hydrogens is 457 g/mol. The van der Waals surface area contributed by atoms with E-state index in [1.165, 1.54) is 34.5 Å². The van der Waals surface area contributed by atoms with Crippen LogP contribution >= 0.6 is 0 Å².